The van der Waals surface area contributed by atoms with Gasteiger partial charge >= 0.3 is 0 Å². The molecule has 0 aromatic heterocycles. The topological polar surface area (TPSA) is 108 Å². The fourth-order valence-corrected chi connectivity index (χ4v) is 6.33. The third-order valence-corrected chi connectivity index (χ3v) is 8.49. The molecule has 4 fully saturated rings. The second-order valence-corrected chi connectivity index (χ2v) is 11.1. The zero-order valence-corrected chi connectivity index (χ0v) is 21.4. The Labute approximate surface area is 213 Å². The van der Waals surface area contributed by atoms with Gasteiger partial charge in [-0.1, -0.05) is 19.3 Å². The summed E-state index contributed by atoms with van der Waals surface area (Å²) in [6.07, 6.45) is 3.41. The van der Waals surface area contributed by atoms with Crippen LogP contribution < -0.4 is 16.0 Å². The molecule has 9 heteroatoms. The Bertz CT molecular complexity index is 982. The lowest BCUT2D eigenvalue weighted by atomic mass is 9.80. The maximum atomic E-state index is 13.9. The standard InChI is InChI=1S/C27H39N5O4/c1-18(2)30-12-14-31(15-13-30)20-8-6-19(7-9-20)25(34)29-27(10-4-3-5-11-27)26(35)32-16-21(28)24-23(32)22(33)17-36-24/h6-9,18,21,23-24H,3-5,10-17,28H2,1-2H3,(H,29,34)/t21-,23-,24-/m1/s1. The number of hydrogen-bond acceptors (Lipinski definition) is 7. The average Bonchev–Trinajstić information content (AvgIpc) is 3.44. The van der Waals surface area contributed by atoms with Gasteiger partial charge in [-0.05, 0) is 51.0 Å². The Morgan fingerprint density at radius 2 is 1.72 bits per heavy atom. The molecule has 3 N–H and O–H groups in total. The van der Waals surface area contributed by atoms with Crippen LogP contribution >= 0.6 is 0 Å². The summed E-state index contributed by atoms with van der Waals surface area (Å²) in [6, 6.07) is 7.19. The van der Waals surface area contributed by atoms with E-state index < -0.39 is 23.7 Å². The van der Waals surface area contributed by atoms with Crippen molar-refractivity contribution in [1.29, 1.82) is 0 Å². The smallest absolute Gasteiger partial charge is 0.252 e. The molecule has 1 aliphatic carbocycles. The van der Waals surface area contributed by atoms with Gasteiger partial charge in [0.25, 0.3) is 5.91 Å². The summed E-state index contributed by atoms with van der Waals surface area (Å²) in [5.41, 5.74) is 6.84. The number of carbonyl (C=O) groups excluding carboxylic acids is 3. The molecule has 0 unspecified atom stereocenters. The number of Topliss-reactive ketones (excluding diaryl/α,β-unsaturated/α-hetero) is 1. The quantitative estimate of drug-likeness (QED) is 0.628. The highest BCUT2D eigenvalue weighted by Gasteiger charge is 2.55. The second-order valence-electron chi connectivity index (χ2n) is 11.1. The SMILES string of the molecule is CC(C)N1CCN(c2ccc(C(=O)NC3(C(=O)N4C[C@@H](N)[C@H]5OCC(=O)[C@H]54)CCCCC3)cc2)CC1. The largest absolute Gasteiger partial charge is 0.369 e. The Balaban J connectivity index is 1.29. The zero-order valence-electron chi connectivity index (χ0n) is 21.4. The normalized spacial score (nSPS) is 28.4. The molecule has 1 aromatic rings. The monoisotopic (exact) mass is 497 g/mol. The molecule has 3 heterocycles. The summed E-state index contributed by atoms with van der Waals surface area (Å²) in [5, 5.41) is 3.11. The van der Waals surface area contributed by atoms with Crippen LogP contribution in [0.3, 0.4) is 0 Å². The van der Waals surface area contributed by atoms with Gasteiger partial charge in [-0.25, -0.2) is 0 Å². The lowest BCUT2D eigenvalue weighted by molar-refractivity contribution is -0.143. The maximum Gasteiger partial charge on any atom is 0.252 e. The maximum absolute atomic E-state index is 13.9. The van der Waals surface area contributed by atoms with Gasteiger partial charge in [-0.2, -0.15) is 0 Å². The van der Waals surface area contributed by atoms with Gasteiger partial charge in [0.1, 0.15) is 24.3 Å². The Kier molecular flexibility index (Phi) is 7.07. The van der Waals surface area contributed by atoms with Gasteiger partial charge in [-0.3, -0.25) is 19.3 Å². The molecule has 0 radical (unpaired) electrons. The van der Waals surface area contributed by atoms with Crippen molar-refractivity contribution in [2.75, 3.05) is 44.2 Å². The first-order valence-electron chi connectivity index (χ1n) is 13.4. The Morgan fingerprint density at radius 1 is 1.06 bits per heavy atom. The van der Waals surface area contributed by atoms with Gasteiger partial charge in [0.05, 0.1) is 6.04 Å². The van der Waals surface area contributed by atoms with E-state index in [9.17, 15) is 14.4 Å². The second kappa shape index (κ2) is 10.1. The van der Waals surface area contributed by atoms with Crippen molar-refractivity contribution in [3.63, 3.8) is 0 Å². The lowest BCUT2D eigenvalue weighted by Gasteiger charge is -2.40. The molecular weight excluding hydrogens is 458 g/mol. The predicted molar refractivity (Wildman–Crippen MR) is 137 cm³/mol. The van der Waals surface area contributed by atoms with Crippen molar-refractivity contribution in [3.05, 3.63) is 29.8 Å². The average molecular weight is 498 g/mol. The molecule has 3 saturated heterocycles. The number of piperazine rings is 1. The number of amides is 2. The van der Waals surface area contributed by atoms with Crippen molar-refractivity contribution in [2.45, 2.75) is 75.7 Å². The summed E-state index contributed by atoms with van der Waals surface area (Å²) in [5.74, 6) is -0.559. The summed E-state index contributed by atoms with van der Waals surface area (Å²) in [4.78, 5) is 46.2. The van der Waals surface area contributed by atoms with Crippen molar-refractivity contribution in [1.82, 2.24) is 15.1 Å². The van der Waals surface area contributed by atoms with Gasteiger partial charge in [-0.15, -0.1) is 0 Å². The number of ether oxygens (including phenoxy) is 1. The van der Waals surface area contributed by atoms with Crippen LogP contribution in [0.25, 0.3) is 0 Å². The highest BCUT2D eigenvalue weighted by atomic mass is 16.5. The van der Waals surface area contributed by atoms with Crippen LogP contribution in [0.4, 0.5) is 5.69 Å². The van der Waals surface area contributed by atoms with Gasteiger partial charge in [0, 0.05) is 50.0 Å². The molecule has 1 saturated carbocycles. The van der Waals surface area contributed by atoms with E-state index in [1.165, 1.54) is 0 Å². The van der Waals surface area contributed by atoms with E-state index in [-0.39, 0.29) is 30.7 Å². The number of nitrogens with two attached hydrogens (primary N) is 1. The molecule has 4 aliphatic rings. The molecule has 5 rings (SSSR count). The Hall–Kier alpha value is -2.49. The minimum Gasteiger partial charge on any atom is -0.369 e. The number of nitrogens with one attached hydrogen (secondary N) is 1. The van der Waals surface area contributed by atoms with E-state index in [2.05, 4.69) is 29.0 Å². The fraction of sp³-hybridized carbons (Fsp3) is 0.667. The van der Waals surface area contributed by atoms with Crippen LogP contribution in [-0.2, 0) is 14.3 Å². The summed E-state index contributed by atoms with van der Waals surface area (Å²) in [7, 11) is 0. The van der Waals surface area contributed by atoms with Crippen LogP contribution in [-0.4, -0.2) is 96.5 Å². The molecule has 196 valence electrons. The number of carbonyl (C=O) groups is 3. The highest BCUT2D eigenvalue weighted by molar-refractivity contribution is 6.01. The van der Waals surface area contributed by atoms with E-state index in [4.69, 9.17) is 10.5 Å². The number of fused-ring (bicyclic) bond motifs is 1. The van der Waals surface area contributed by atoms with Crippen LogP contribution in [0.2, 0.25) is 0 Å². The number of benzene rings is 1. The number of likely N-dealkylation sites (tertiary alicyclic amines) is 1. The van der Waals surface area contributed by atoms with Crippen molar-refractivity contribution >= 4 is 23.3 Å². The third kappa shape index (κ3) is 4.64. The number of rotatable bonds is 5. The summed E-state index contributed by atoms with van der Waals surface area (Å²) in [6.45, 7) is 8.70. The molecule has 0 spiro atoms. The molecular formula is C27H39N5O4. The van der Waals surface area contributed by atoms with E-state index in [0.717, 1.165) is 51.1 Å². The van der Waals surface area contributed by atoms with E-state index >= 15 is 0 Å². The number of ketones is 1. The molecule has 36 heavy (non-hydrogen) atoms. The van der Waals surface area contributed by atoms with Gasteiger partial charge in [0.15, 0.2) is 5.78 Å². The first kappa shape index (κ1) is 25.2. The van der Waals surface area contributed by atoms with Gasteiger partial charge < -0.3 is 25.6 Å². The van der Waals surface area contributed by atoms with Crippen molar-refractivity contribution in [2.24, 2.45) is 5.73 Å². The first-order chi connectivity index (χ1) is 17.3. The minimum atomic E-state index is -1.02. The van der Waals surface area contributed by atoms with E-state index in [1.807, 2.05) is 24.3 Å². The van der Waals surface area contributed by atoms with Crippen molar-refractivity contribution < 1.29 is 19.1 Å². The highest BCUT2D eigenvalue weighted by Crippen LogP contribution is 2.35. The summed E-state index contributed by atoms with van der Waals surface area (Å²) >= 11 is 0. The molecule has 3 atom stereocenters. The molecule has 1 aromatic carbocycles. The number of anilines is 1. The van der Waals surface area contributed by atoms with Crippen LogP contribution in [0.5, 0.6) is 0 Å². The first-order valence-corrected chi connectivity index (χ1v) is 13.4. The molecule has 9 nitrogen and oxygen atoms in total. The molecule has 2 amide bonds. The molecule has 0 bridgehead atoms. The number of hydrogen-bond donors (Lipinski definition) is 2. The van der Waals surface area contributed by atoms with Crippen LogP contribution in [0, 0.1) is 0 Å². The van der Waals surface area contributed by atoms with E-state index in [0.29, 0.717) is 24.4 Å². The zero-order chi connectivity index (χ0) is 25.4. The molecule has 3 aliphatic heterocycles. The van der Waals surface area contributed by atoms with E-state index in [1.54, 1.807) is 4.90 Å². The lowest BCUT2D eigenvalue weighted by Crippen LogP contribution is -2.62. The van der Waals surface area contributed by atoms with Crippen molar-refractivity contribution in [3.8, 4) is 0 Å². The van der Waals surface area contributed by atoms with Crippen LogP contribution in [0.15, 0.2) is 24.3 Å². The fourth-order valence-electron chi connectivity index (χ4n) is 6.33. The Morgan fingerprint density at radius 3 is 2.36 bits per heavy atom. The predicted octanol–water partition coefficient (Wildman–Crippen LogP) is 1.16. The minimum absolute atomic E-state index is 0.00889. The van der Waals surface area contributed by atoms with Crippen LogP contribution in [0.1, 0.15) is 56.3 Å². The summed E-state index contributed by atoms with van der Waals surface area (Å²) < 4.78 is 5.57. The van der Waals surface area contributed by atoms with Gasteiger partial charge in [0.2, 0.25) is 5.91 Å². The number of nitrogens with zero attached hydrogens (tertiary/aromatic N) is 3. The third-order valence-electron chi connectivity index (χ3n) is 8.49.